The van der Waals surface area contributed by atoms with Crippen LogP contribution >= 0.6 is 0 Å². The molecule has 0 saturated carbocycles. The normalized spacial score (nSPS) is 11.4. The molecule has 0 atom stereocenters. The fraction of sp³-hybridized carbons (Fsp3) is 0. The Kier molecular flexibility index (Phi) is 3.42. The molecular weight excluding hydrogens is 337 g/mol. The quantitative estimate of drug-likeness (QED) is 0.185. The molecule has 1 heterocycles. The summed E-state index contributed by atoms with van der Waals surface area (Å²) in [6.07, 6.45) is 1.10. The molecule has 6 heteroatoms. The molecule has 4 rings (SSSR count). The first-order valence-corrected chi connectivity index (χ1v) is 7.28. The van der Waals surface area contributed by atoms with Gasteiger partial charge in [-0.05, 0) is 11.5 Å². The van der Waals surface area contributed by atoms with Gasteiger partial charge in [-0.1, -0.05) is 36.4 Å². The summed E-state index contributed by atoms with van der Waals surface area (Å²) < 4.78 is 68.0. The average Bonchev–Trinajstić information content (AvgIpc) is 2.64. The Bertz CT molecular complexity index is 1120. The lowest BCUT2D eigenvalue weighted by molar-refractivity contribution is 0.381. The van der Waals surface area contributed by atoms with E-state index in [1.54, 1.807) is 12.1 Å². The van der Waals surface area contributed by atoms with E-state index in [4.69, 9.17) is 0 Å². The minimum Gasteiger partial charge on any atom is -0.255 e. The number of halogens is 5. The van der Waals surface area contributed by atoms with Gasteiger partial charge in [0.2, 0.25) is 5.82 Å². The zero-order valence-corrected chi connectivity index (χ0v) is 12.5. The first-order chi connectivity index (χ1) is 12.0. The Balaban J connectivity index is 2.02. The maximum atomic E-state index is 14.0. The Morgan fingerprint density at radius 1 is 0.640 bits per heavy atom. The summed E-state index contributed by atoms with van der Waals surface area (Å²) in [6, 6.07) is 12.2. The largest absolute Gasteiger partial charge is 0.255 e. The molecular formula is C19H8F5N. The van der Waals surface area contributed by atoms with Crippen molar-refractivity contribution in [2.45, 2.75) is 0 Å². The number of fused-ring (bicyclic) bond motifs is 3. The van der Waals surface area contributed by atoms with E-state index in [0.29, 0.717) is 10.9 Å². The van der Waals surface area contributed by atoms with Crippen LogP contribution in [0.3, 0.4) is 0 Å². The summed E-state index contributed by atoms with van der Waals surface area (Å²) in [5.41, 5.74) is -0.597. The molecule has 0 fully saturated rings. The molecule has 0 aliphatic carbocycles. The van der Waals surface area contributed by atoms with Gasteiger partial charge in [-0.15, -0.1) is 0 Å². The van der Waals surface area contributed by atoms with Gasteiger partial charge in [-0.2, -0.15) is 0 Å². The zero-order chi connectivity index (χ0) is 17.7. The van der Waals surface area contributed by atoms with E-state index in [2.05, 4.69) is 4.98 Å². The van der Waals surface area contributed by atoms with Gasteiger partial charge in [0, 0.05) is 22.5 Å². The number of pyridine rings is 1. The summed E-state index contributed by atoms with van der Waals surface area (Å²) in [4.78, 5) is 4.18. The Morgan fingerprint density at radius 3 is 1.96 bits per heavy atom. The fourth-order valence-corrected chi connectivity index (χ4v) is 2.87. The second kappa shape index (κ2) is 5.51. The monoisotopic (exact) mass is 345 g/mol. The molecule has 0 N–H and O–H groups in total. The van der Waals surface area contributed by atoms with Crippen LogP contribution in [-0.4, -0.2) is 4.98 Å². The summed E-state index contributed by atoms with van der Waals surface area (Å²) in [6.45, 7) is 0. The van der Waals surface area contributed by atoms with Gasteiger partial charge in [-0.3, -0.25) is 4.98 Å². The number of aromatic nitrogens is 1. The van der Waals surface area contributed by atoms with Crippen molar-refractivity contribution in [1.82, 2.24) is 4.98 Å². The zero-order valence-electron chi connectivity index (χ0n) is 12.5. The van der Waals surface area contributed by atoms with Crippen molar-refractivity contribution in [2.24, 2.45) is 0 Å². The van der Waals surface area contributed by atoms with Crippen molar-refractivity contribution in [2.75, 3.05) is 0 Å². The van der Waals surface area contributed by atoms with Crippen LogP contribution in [0.25, 0.3) is 32.8 Å². The second-order valence-electron chi connectivity index (χ2n) is 5.53. The van der Waals surface area contributed by atoms with Gasteiger partial charge in [0.05, 0.1) is 11.1 Å². The highest BCUT2D eigenvalue weighted by Crippen LogP contribution is 2.33. The summed E-state index contributed by atoms with van der Waals surface area (Å²) in [5.74, 6) is -9.89. The molecule has 1 aromatic heterocycles. The lowest BCUT2D eigenvalue weighted by Crippen LogP contribution is -2.04. The fourth-order valence-electron chi connectivity index (χ4n) is 2.87. The minimum absolute atomic E-state index is 0.185. The predicted molar refractivity (Wildman–Crippen MR) is 84.5 cm³/mol. The van der Waals surface area contributed by atoms with Crippen LogP contribution in [0.15, 0.2) is 48.7 Å². The van der Waals surface area contributed by atoms with E-state index in [0.717, 1.165) is 17.0 Å². The predicted octanol–water partition coefficient (Wildman–Crippen LogP) is 5.75. The van der Waals surface area contributed by atoms with Gasteiger partial charge >= 0.3 is 0 Å². The second-order valence-corrected chi connectivity index (χ2v) is 5.53. The molecule has 4 aromatic rings. The number of benzene rings is 3. The third-order valence-corrected chi connectivity index (χ3v) is 4.07. The van der Waals surface area contributed by atoms with E-state index < -0.39 is 34.6 Å². The number of rotatable bonds is 1. The molecule has 0 saturated heterocycles. The molecule has 1 nitrogen and oxygen atoms in total. The summed E-state index contributed by atoms with van der Waals surface area (Å²) in [5, 5.41) is 2.27. The maximum Gasteiger partial charge on any atom is 0.200 e. The molecule has 0 spiro atoms. The van der Waals surface area contributed by atoms with Crippen LogP contribution in [0, 0.1) is 29.1 Å². The molecule has 3 aromatic carbocycles. The molecule has 0 unspecified atom stereocenters. The maximum absolute atomic E-state index is 14.0. The molecule has 25 heavy (non-hydrogen) atoms. The van der Waals surface area contributed by atoms with Crippen LogP contribution in [0.1, 0.15) is 0 Å². The standard InChI is InChI=1S/C19H8F5N/c20-14-13(15(21)17(23)18(24)16(14)22)11-7-10-6-5-9-3-1-2-4-12(9)19(10)25-8-11/h1-8H. The number of nitrogens with zero attached hydrogens (tertiary/aromatic N) is 1. The van der Waals surface area contributed by atoms with Crippen LogP contribution in [0.4, 0.5) is 22.0 Å². The van der Waals surface area contributed by atoms with E-state index in [9.17, 15) is 22.0 Å². The van der Waals surface area contributed by atoms with Crippen molar-refractivity contribution < 1.29 is 22.0 Å². The van der Waals surface area contributed by atoms with Crippen molar-refractivity contribution in [1.29, 1.82) is 0 Å². The van der Waals surface area contributed by atoms with Crippen LogP contribution < -0.4 is 0 Å². The smallest absolute Gasteiger partial charge is 0.200 e. The van der Waals surface area contributed by atoms with Crippen molar-refractivity contribution in [3.05, 3.63) is 77.7 Å². The highest BCUT2D eigenvalue weighted by Gasteiger charge is 2.26. The topological polar surface area (TPSA) is 12.9 Å². The minimum atomic E-state index is -2.18. The van der Waals surface area contributed by atoms with E-state index >= 15 is 0 Å². The lowest BCUT2D eigenvalue weighted by atomic mass is 10.0. The first kappa shape index (κ1) is 15.5. The summed E-state index contributed by atoms with van der Waals surface area (Å²) in [7, 11) is 0. The third-order valence-electron chi connectivity index (χ3n) is 4.07. The Hall–Kier alpha value is -3.02. The van der Waals surface area contributed by atoms with E-state index in [-0.39, 0.29) is 5.56 Å². The highest BCUT2D eigenvalue weighted by atomic mass is 19.2. The van der Waals surface area contributed by atoms with Gasteiger partial charge in [0.25, 0.3) is 0 Å². The van der Waals surface area contributed by atoms with Gasteiger partial charge in [0.15, 0.2) is 23.3 Å². The first-order valence-electron chi connectivity index (χ1n) is 7.28. The highest BCUT2D eigenvalue weighted by molar-refractivity contribution is 6.05. The molecule has 0 amide bonds. The number of hydrogen-bond donors (Lipinski definition) is 0. The SMILES string of the molecule is Fc1c(F)c(F)c(-c2cnc3c(ccc4ccccc43)c2)c(F)c1F. The Morgan fingerprint density at radius 2 is 1.24 bits per heavy atom. The van der Waals surface area contributed by atoms with Crippen LogP contribution in [0.5, 0.6) is 0 Å². The Labute approximate surface area is 138 Å². The van der Waals surface area contributed by atoms with Gasteiger partial charge < -0.3 is 0 Å². The summed E-state index contributed by atoms with van der Waals surface area (Å²) >= 11 is 0. The van der Waals surface area contributed by atoms with E-state index in [1.807, 2.05) is 24.3 Å². The average molecular weight is 345 g/mol. The van der Waals surface area contributed by atoms with Crippen LogP contribution in [0.2, 0.25) is 0 Å². The molecule has 0 aliphatic heterocycles. The van der Waals surface area contributed by atoms with Crippen molar-refractivity contribution in [3.63, 3.8) is 0 Å². The lowest BCUT2D eigenvalue weighted by Gasteiger charge is -2.10. The van der Waals surface area contributed by atoms with Crippen molar-refractivity contribution >= 4 is 21.7 Å². The molecule has 0 aliphatic rings. The van der Waals surface area contributed by atoms with E-state index in [1.165, 1.54) is 6.07 Å². The molecule has 0 bridgehead atoms. The van der Waals surface area contributed by atoms with Gasteiger partial charge in [-0.25, -0.2) is 22.0 Å². The third kappa shape index (κ3) is 2.25. The van der Waals surface area contributed by atoms with Crippen LogP contribution in [-0.2, 0) is 0 Å². The van der Waals surface area contributed by atoms with Crippen molar-refractivity contribution in [3.8, 4) is 11.1 Å². The number of hydrogen-bond acceptors (Lipinski definition) is 1. The molecule has 124 valence electrons. The molecule has 0 radical (unpaired) electrons. The van der Waals surface area contributed by atoms with Gasteiger partial charge in [0.1, 0.15) is 0 Å².